The molecule has 24 heavy (non-hydrogen) atoms. The van der Waals surface area contributed by atoms with Gasteiger partial charge in [-0.2, -0.15) is 9.57 Å². The van der Waals surface area contributed by atoms with Crippen LogP contribution >= 0.6 is 0 Å². The Hall–Kier alpha value is -2.50. The zero-order chi connectivity index (χ0) is 17.2. The average molecular weight is 347 g/mol. The van der Waals surface area contributed by atoms with Crippen molar-refractivity contribution in [1.29, 1.82) is 5.26 Å². The Morgan fingerprint density at radius 3 is 2.88 bits per heavy atom. The van der Waals surface area contributed by atoms with Crippen LogP contribution in [0.2, 0.25) is 0 Å². The lowest BCUT2D eigenvalue weighted by Gasteiger charge is -2.17. The average Bonchev–Trinajstić information content (AvgIpc) is 3.04. The molecule has 8 heteroatoms. The quantitative estimate of drug-likeness (QED) is 0.844. The predicted octanol–water partition coefficient (Wildman–Crippen LogP) is 1.93. The summed E-state index contributed by atoms with van der Waals surface area (Å²) in [5.41, 5.74) is 0.411. The van der Waals surface area contributed by atoms with Crippen molar-refractivity contribution in [3.05, 3.63) is 54.0 Å². The number of pyridine rings is 1. The van der Waals surface area contributed by atoms with Gasteiger partial charge in [-0.05, 0) is 24.6 Å². The lowest BCUT2D eigenvalue weighted by molar-refractivity contribution is 0.207. The number of sulfonamides is 1. The van der Waals surface area contributed by atoms with Crippen LogP contribution in [0.3, 0.4) is 0 Å². The predicted molar refractivity (Wildman–Crippen MR) is 83.1 cm³/mol. The summed E-state index contributed by atoms with van der Waals surface area (Å²) >= 11 is 0. The molecular formula is C16H14FN3O3S. The second-order valence-corrected chi connectivity index (χ2v) is 7.22. The monoisotopic (exact) mass is 347 g/mol. The molecule has 0 amide bonds. The van der Waals surface area contributed by atoms with Gasteiger partial charge in [0.25, 0.3) is 0 Å². The highest BCUT2D eigenvalue weighted by Crippen LogP contribution is 2.25. The summed E-state index contributed by atoms with van der Waals surface area (Å²) in [4.78, 5) is 3.67. The van der Waals surface area contributed by atoms with Crippen molar-refractivity contribution in [3.8, 4) is 11.9 Å². The number of halogens is 1. The third kappa shape index (κ3) is 3.22. The van der Waals surface area contributed by atoms with E-state index in [2.05, 4.69) is 4.98 Å². The molecule has 0 N–H and O–H groups in total. The molecular weight excluding hydrogens is 333 g/mol. The molecule has 3 rings (SSSR count). The molecule has 0 radical (unpaired) electrons. The smallest absolute Gasteiger partial charge is 0.246 e. The zero-order valence-electron chi connectivity index (χ0n) is 12.6. The van der Waals surface area contributed by atoms with Gasteiger partial charge >= 0.3 is 0 Å². The molecule has 2 heterocycles. The molecule has 1 aromatic carbocycles. The molecule has 0 aliphatic carbocycles. The zero-order valence-corrected chi connectivity index (χ0v) is 13.4. The highest BCUT2D eigenvalue weighted by Gasteiger charge is 2.35. The molecule has 0 saturated carbocycles. The van der Waals surface area contributed by atoms with Crippen LogP contribution in [0.1, 0.15) is 12.0 Å². The van der Waals surface area contributed by atoms with E-state index >= 15 is 0 Å². The van der Waals surface area contributed by atoms with Gasteiger partial charge in [0.05, 0.1) is 18.2 Å². The molecule has 1 atom stereocenters. The minimum Gasteiger partial charge on any atom is -0.473 e. The van der Waals surface area contributed by atoms with E-state index in [0.717, 1.165) is 6.07 Å². The molecule has 1 saturated heterocycles. The molecule has 0 spiro atoms. The Kier molecular flexibility index (Phi) is 4.46. The van der Waals surface area contributed by atoms with Gasteiger partial charge in [0.1, 0.15) is 16.8 Å². The van der Waals surface area contributed by atoms with Crippen LogP contribution in [-0.2, 0) is 10.0 Å². The number of hydrogen-bond acceptors (Lipinski definition) is 5. The van der Waals surface area contributed by atoms with E-state index in [1.807, 2.05) is 6.07 Å². The van der Waals surface area contributed by atoms with Crippen LogP contribution in [-0.4, -0.2) is 36.9 Å². The van der Waals surface area contributed by atoms with E-state index < -0.39 is 21.9 Å². The molecule has 1 fully saturated rings. The van der Waals surface area contributed by atoms with E-state index in [1.54, 1.807) is 6.07 Å². The maximum atomic E-state index is 13.8. The van der Waals surface area contributed by atoms with Crippen LogP contribution in [0.25, 0.3) is 0 Å². The molecule has 124 valence electrons. The Morgan fingerprint density at radius 2 is 2.12 bits per heavy atom. The molecule has 1 aliphatic rings. The number of aromatic nitrogens is 1. The minimum atomic E-state index is -3.90. The van der Waals surface area contributed by atoms with Gasteiger partial charge in [-0.25, -0.2) is 17.8 Å². The first-order valence-corrected chi connectivity index (χ1v) is 8.72. The van der Waals surface area contributed by atoms with Gasteiger partial charge in [0.2, 0.25) is 15.9 Å². The van der Waals surface area contributed by atoms with E-state index in [9.17, 15) is 12.8 Å². The topological polar surface area (TPSA) is 83.3 Å². The number of hydrogen-bond donors (Lipinski definition) is 0. The van der Waals surface area contributed by atoms with E-state index in [-0.39, 0.29) is 23.9 Å². The van der Waals surface area contributed by atoms with Crippen molar-refractivity contribution in [1.82, 2.24) is 9.29 Å². The Morgan fingerprint density at radius 1 is 1.33 bits per heavy atom. The van der Waals surface area contributed by atoms with Crippen molar-refractivity contribution in [3.63, 3.8) is 0 Å². The van der Waals surface area contributed by atoms with Gasteiger partial charge < -0.3 is 4.74 Å². The van der Waals surface area contributed by atoms with Crippen molar-refractivity contribution >= 4 is 10.0 Å². The Balaban J connectivity index is 1.73. The van der Waals surface area contributed by atoms with E-state index in [0.29, 0.717) is 12.0 Å². The second kappa shape index (κ2) is 6.55. The summed E-state index contributed by atoms with van der Waals surface area (Å²) in [7, 11) is -3.90. The first-order valence-electron chi connectivity index (χ1n) is 7.28. The fourth-order valence-electron chi connectivity index (χ4n) is 2.52. The second-order valence-electron chi connectivity index (χ2n) is 5.32. The van der Waals surface area contributed by atoms with Gasteiger partial charge in [0, 0.05) is 18.8 Å². The lowest BCUT2D eigenvalue weighted by atomic mass is 10.3. The maximum absolute atomic E-state index is 13.8. The standard InChI is InChI=1S/C16H14FN3O3S/c17-14-3-1-2-4-15(14)24(21,22)20-8-6-13(11-20)23-16-9-12(10-18)5-7-19-16/h1-5,7,9,13H,6,8,11H2. The summed E-state index contributed by atoms with van der Waals surface area (Å²) in [6.07, 6.45) is 1.52. The van der Waals surface area contributed by atoms with Gasteiger partial charge in [-0.3, -0.25) is 0 Å². The van der Waals surface area contributed by atoms with Crippen molar-refractivity contribution in [2.24, 2.45) is 0 Å². The summed E-state index contributed by atoms with van der Waals surface area (Å²) in [6.45, 7) is 0.342. The summed E-state index contributed by atoms with van der Waals surface area (Å²) in [5, 5.41) is 8.87. The van der Waals surface area contributed by atoms with Crippen molar-refractivity contribution in [2.75, 3.05) is 13.1 Å². The summed E-state index contributed by atoms with van der Waals surface area (Å²) in [5.74, 6) is -0.505. The molecule has 6 nitrogen and oxygen atoms in total. The Bertz CT molecular complexity index is 895. The molecule has 1 aromatic heterocycles. The number of rotatable bonds is 4. The SMILES string of the molecule is N#Cc1ccnc(OC2CCN(S(=O)(=O)c3ccccc3F)C2)c1. The van der Waals surface area contributed by atoms with E-state index in [4.69, 9.17) is 10.00 Å². The fourth-order valence-corrected chi connectivity index (χ4v) is 4.07. The lowest BCUT2D eigenvalue weighted by Crippen LogP contribution is -2.31. The minimum absolute atomic E-state index is 0.106. The first kappa shape index (κ1) is 16.4. The third-order valence-corrected chi connectivity index (χ3v) is 5.61. The fraction of sp³-hybridized carbons (Fsp3) is 0.250. The van der Waals surface area contributed by atoms with Crippen LogP contribution in [0, 0.1) is 17.1 Å². The summed E-state index contributed by atoms with van der Waals surface area (Å²) in [6, 6.07) is 10.3. The van der Waals surface area contributed by atoms with Crippen LogP contribution in [0.15, 0.2) is 47.5 Å². The number of benzene rings is 1. The third-order valence-electron chi connectivity index (χ3n) is 3.71. The van der Waals surface area contributed by atoms with Crippen molar-refractivity contribution in [2.45, 2.75) is 17.4 Å². The molecule has 1 unspecified atom stereocenters. The van der Waals surface area contributed by atoms with Crippen molar-refractivity contribution < 1.29 is 17.5 Å². The number of ether oxygens (including phenoxy) is 1. The molecule has 1 aliphatic heterocycles. The number of nitriles is 1. The molecule has 2 aromatic rings. The van der Waals surface area contributed by atoms with Gasteiger partial charge in [-0.1, -0.05) is 12.1 Å². The van der Waals surface area contributed by atoms with Crippen LogP contribution in [0.5, 0.6) is 5.88 Å². The normalized spacial score (nSPS) is 18.2. The van der Waals surface area contributed by atoms with Gasteiger partial charge in [-0.15, -0.1) is 0 Å². The number of nitrogens with zero attached hydrogens (tertiary/aromatic N) is 3. The first-order chi connectivity index (χ1) is 11.5. The molecule has 0 bridgehead atoms. The highest BCUT2D eigenvalue weighted by atomic mass is 32.2. The highest BCUT2D eigenvalue weighted by molar-refractivity contribution is 7.89. The van der Waals surface area contributed by atoms with Crippen LogP contribution in [0.4, 0.5) is 4.39 Å². The summed E-state index contributed by atoms with van der Waals surface area (Å²) < 4.78 is 45.7. The maximum Gasteiger partial charge on any atom is 0.246 e. The van der Waals surface area contributed by atoms with E-state index in [1.165, 1.54) is 34.8 Å². The van der Waals surface area contributed by atoms with Crippen LogP contribution < -0.4 is 4.74 Å². The Labute approximate surface area is 139 Å². The van der Waals surface area contributed by atoms with Gasteiger partial charge in [0.15, 0.2) is 0 Å². The largest absolute Gasteiger partial charge is 0.473 e.